The van der Waals surface area contributed by atoms with Gasteiger partial charge < -0.3 is 16.4 Å². The van der Waals surface area contributed by atoms with Crippen LogP contribution in [0.2, 0.25) is 0 Å². The first-order chi connectivity index (χ1) is 10.5. The molecular formula is C15H18FN5O. The lowest BCUT2D eigenvalue weighted by Gasteiger charge is -2.08. The molecule has 1 atom stereocenters. The van der Waals surface area contributed by atoms with Crippen molar-refractivity contribution in [3.05, 3.63) is 41.5 Å². The first-order valence-corrected chi connectivity index (χ1v) is 7.18. The fraction of sp³-hybridized carbons (Fsp3) is 0.333. The molecule has 7 heteroatoms. The lowest BCUT2D eigenvalue weighted by molar-refractivity contribution is 0.101. The lowest BCUT2D eigenvalue weighted by Crippen LogP contribution is -2.17. The van der Waals surface area contributed by atoms with Gasteiger partial charge >= 0.3 is 0 Å². The number of carbonyl (C=O) groups excluding carboxylic acids is 1. The zero-order chi connectivity index (χ0) is 15.7. The molecule has 1 unspecified atom stereocenters. The summed E-state index contributed by atoms with van der Waals surface area (Å²) in [5, 5.41) is 10.4. The molecule has 0 aliphatic carbocycles. The highest BCUT2D eigenvalue weighted by atomic mass is 19.1. The topological polar surface area (TPSA) is 85.0 Å². The van der Waals surface area contributed by atoms with Crippen LogP contribution < -0.4 is 16.4 Å². The molecule has 2 heterocycles. The molecule has 2 aromatic rings. The van der Waals surface area contributed by atoms with Crippen LogP contribution in [0.5, 0.6) is 0 Å². The Morgan fingerprint density at radius 3 is 3.05 bits per heavy atom. The van der Waals surface area contributed by atoms with E-state index in [9.17, 15) is 9.18 Å². The number of carbonyl (C=O) groups is 1. The van der Waals surface area contributed by atoms with Crippen molar-refractivity contribution in [1.29, 1.82) is 0 Å². The quantitative estimate of drug-likeness (QED) is 0.755. The number of benzene rings is 1. The Labute approximate surface area is 127 Å². The molecule has 0 saturated carbocycles. The van der Waals surface area contributed by atoms with Crippen LogP contribution in [0.1, 0.15) is 35.1 Å². The maximum Gasteiger partial charge on any atom is 0.273 e. The zero-order valence-corrected chi connectivity index (χ0v) is 12.3. The number of nitrogens with zero attached hydrogens (tertiary/aromatic N) is 2. The molecule has 0 bridgehead atoms. The Hall–Kier alpha value is -2.41. The summed E-state index contributed by atoms with van der Waals surface area (Å²) in [5.74, 6) is -0.818. The smallest absolute Gasteiger partial charge is 0.273 e. The number of hydrogen-bond acceptors (Lipinski definition) is 4. The molecule has 1 fully saturated rings. The van der Waals surface area contributed by atoms with Crippen molar-refractivity contribution < 1.29 is 9.18 Å². The predicted molar refractivity (Wildman–Crippen MR) is 82.0 cm³/mol. The van der Waals surface area contributed by atoms with E-state index in [-0.39, 0.29) is 17.6 Å². The number of rotatable bonds is 3. The van der Waals surface area contributed by atoms with Crippen LogP contribution in [-0.4, -0.2) is 22.2 Å². The Morgan fingerprint density at radius 1 is 1.50 bits per heavy atom. The number of halogens is 1. The number of hydrogen-bond donors (Lipinski definition) is 3. The van der Waals surface area contributed by atoms with Crippen molar-refractivity contribution in [2.24, 2.45) is 7.05 Å². The average Bonchev–Trinajstić information content (AvgIpc) is 3.11. The highest BCUT2D eigenvalue weighted by molar-refractivity contribution is 6.04. The number of anilines is 2. The number of nitrogens with one attached hydrogen (secondary N) is 2. The summed E-state index contributed by atoms with van der Waals surface area (Å²) in [4.78, 5) is 12.4. The molecule has 1 aromatic heterocycles. The SMILES string of the molecule is Cn1nc(C2CCCN2)cc1C(=O)Nc1cc(F)ccc1N. The minimum atomic E-state index is -0.453. The van der Waals surface area contributed by atoms with E-state index in [4.69, 9.17) is 5.73 Å². The van der Waals surface area contributed by atoms with E-state index >= 15 is 0 Å². The van der Waals surface area contributed by atoms with Gasteiger partial charge in [0, 0.05) is 7.05 Å². The van der Waals surface area contributed by atoms with Crippen LogP contribution in [-0.2, 0) is 7.05 Å². The Bertz CT molecular complexity index is 706. The van der Waals surface area contributed by atoms with E-state index < -0.39 is 5.82 Å². The van der Waals surface area contributed by atoms with Crippen LogP contribution >= 0.6 is 0 Å². The van der Waals surface area contributed by atoms with E-state index in [1.165, 1.54) is 22.9 Å². The minimum absolute atomic E-state index is 0.187. The summed E-state index contributed by atoms with van der Waals surface area (Å²) in [6.45, 7) is 0.961. The van der Waals surface area contributed by atoms with Crippen LogP contribution in [0.15, 0.2) is 24.3 Å². The van der Waals surface area contributed by atoms with E-state index in [1.54, 1.807) is 13.1 Å². The van der Waals surface area contributed by atoms with E-state index in [2.05, 4.69) is 15.7 Å². The Kier molecular flexibility index (Phi) is 3.81. The van der Waals surface area contributed by atoms with Crippen molar-refractivity contribution in [3.63, 3.8) is 0 Å². The Morgan fingerprint density at radius 2 is 2.32 bits per heavy atom. The molecule has 1 aliphatic rings. The minimum Gasteiger partial charge on any atom is -0.397 e. The number of amides is 1. The number of aryl methyl sites for hydroxylation is 1. The zero-order valence-electron chi connectivity index (χ0n) is 12.3. The fourth-order valence-electron chi connectivity index (χ4n) is 2.63. The summed E-state index contributed by atoms with van der Waals surface area (Å²) in [6.07, 6.45) is 2.11. The van der Waals surface area contributed by atoms with Gasteiger partial charge in [-0.25, -0.2) is 4.39 Å². The first-order valence-electron chi connectivity index (χ1n) is 7.18. The van der Waals surface area contributed by atoms with Crippen molar-refractivity contribution in [2.45, 2.75) is 18.9 Å². The van der Waals surface area contributed by atoms with Crippen molar-refractivity contribution in [2.75, 3.05) is 17.6 Å². The highest BCUT2D eigenvalue weighted by Gasteiger charge is 2.22. The van der Waals surface area contributed by atoms with Crippen LogP contribution in [0.25, 0.3) is 0 Å². The summed E-state index contributed by atoms with van der Waals surface area (Å²) in [7, 11) is 1.71. The van der Waals surface area contributed by atoms with Gasteiger partial charge in [-0.3, -0.25) is 9.48 Å². The summed E-state index contributed by atoms with van der Waals surface area (Å²) in [5.41, 5.74) is 7.57. The van der Waals surface area contributed by atoms with E-state index in [1.807, 2.05) is 0 Å². The maximum atomic E-state index is 13.3. The van der Waals surface area contributed by atoms with Gasteiger partial charge in [0.2, 0.25) is 0 Å². The molecule has 22 heavy (non-hydrogen) atoms. The van der Waals surface area contributed by atoms with Crippen molar-refractivity contribution in [1.82, 2.24) is 15.1 Å². The van der Waals surface area contributed by atoms with Gasteiger partial charge in [0.15, 0.2) is 0 Å². The van der Waals surface area contributed by atoms with Gasteiger partial charge in [0.25, 0.3) is 5.91 Å². The normalized spacial score (nSPS) is 17.6. The largest absolute Gasteiger partial charge is 0.397 e. The van der Waals surface area contributed by atoms with Gasteiger partial charge in [-0.15, -0.1) is 0 Å². The van der Waals surface area contributed by atoms with E-state index in [0.717, 1.165) is 25.1 Å². The number of aromatic nitrogens is 2. The molecule has 1 saturated heterocycles. The third kappa shape index (κ3) is 2.80. The fourth-order valence-corrected chi connectivity index (χ4v) is 2.63. The Balaban J connectivity index is 1.81. The second-order valence-corrected chi connectivity index (χ2v) is 5.41. The molecule has 1 amide bonds. The van der Waals surface area contributed by atoms with Gasteiger partial charge in [0.1, 0.15) is 11.5 Å². The molecule has 4 N–H and O–H groups in total. The summed E-state index contributed by atoms with van der Waals surface area (Å²) >= 11 is 0. The number of nitrogens with two attached hydrogens (primary N) is 1. The highest BCUT2D eigenvalue weighted by Crippen LogP contribution is 2.24. The molecule has 6 nitrogen and oxygen atoms in total. The monoisotopic (exact) mass is 303 g/mol. The van der Waals surface area contributed by atoms with Gasteiger partial charge in [-0.1, -0.05) is 0 Å². The molecule has 3 rings (SSSR count). The summed E-state index contributed by atoms with van der Waals surface area (Å²) < 4.78 is 14.8. The van der Waals surface area contributed by atoms with Crippen molar-refractivity contribution in [3.8, 4) is 0 Å². The lowest BCUT2D eigenvalue weighted by atomic mass is 10.1. The van der Waals surface area contributed by atoms with Crippen molar-refractivity contribution >= 4 is 17.3 Å². The standard InChI is InChI=1S/C15H18FN5O/c1-21-14(8-13(20-21)11-3-2-6-18-11)15(22)19-12-7-9(16)4-5-10(12)17/h4-5,7-8,11,18H,2-3,6,17H2,1H3,(H,19,22). The van der Waals surface area contributed by atoms with Gasteiger partial charge in [-0.2, -0.15) is 5.10 Å². The first kappa shape index (κ1) is 14.5. The maximum absolute atomic E-state index is 13.3. The molecule has 0 spiro atoms. The van der Waals surface area contributed by atoms with Gasteiger partial charge in [-0.05, 0) is 43.7 Å². The van der Waals surface area contributed by atoms with Crippen LogP contribution in [0.3, 0.4) is 0 Å². The molecule has 116 valence electrons. The van der Waals surface area contributed by atoms with Gasteiger partial charge in [0.05, 0.1) is 23.1 Å². The molecule has 0 radical (unpaired) electrons. The predicted octanol–water partition coefficient (Wildman–Crippen LogP) is 1.82. The number of nitrogen functional groups attached to an aromatic ring is 1. The van der Waals surface area contributed by atoms with Crippen LogP contribution in [0, 0.1) is 5.82 Å². The summed E-state index contributed by atoms with van der Waals surface area (Å²) in [6, 6.07) is 5.81. The average molecular weight is 303 g/mol. The molecular weight excluding hydrogens is 285 g/mol. The molecule has 1 aliphatic heterocycles. The second-order valence-electron chi connectivity index (χ2n) is 5.41. The van der Waals surface area contributed by atoms with Crippen LogP contribution in [0.4, 0.5) is 15.8 Å². The van der Waals surface area contributed by atoms with E-state index in [0.29, 0.717) is 11.4 Å². The second kappa shape index (κ2) is 5.76. The third-order valence-electron chi connectivity index (χ3n) is 3.81. The third-order valence-corrected chi connectivity index (χ3v) is 3.81. The molecule has 1 aromatic carbocycles.